The second-order valence-corrected chi connectivity index (χ2v) is 5.64. The highest BCUT2D eigenvalue weighted by Crippen LogP contribution is 2.35. The van der Waals surface area contributed by atoms with E-state index in [-0.39, 0.29) is 0 Å². The Morgan fingerprint density at radius 2 is 1.90 bits per heavy atom. The Morgan fingerprint density at radius 1 is 1.10 bits per heavy atom. The molecule has 0 fully saturated rings. The average molecular weight is 277 g/mol. The lowest BCUT2D eigenvalue weighted by Crippen LogP contribution is -1.79. The standard InChI is InChI=1S/C18H15NS/c1-3-13(10-11-19-2)14-8-9-16-15-6-4-5-7-17(15)20-18(16)12-14/h3-12H,2H2,1H3/b11-10-,13-3+. The maximum atomic E-state index is 3.78. The first kappa shape index (κ1) is 12.8. The predicted octanol–water partition coefficient (Wildman–Crippen LogP) is 5.67. The van der Waals surface area contributed by atoms with Crippen molar-refractivity contribution in [1.29, 1.82) is 0 Å². The summed E-state index contributed by atoms with van der Waals surface area (Å²) >= 11 is 1.84. The molecule has 3 aromatic rings. The number of aliphatic imine (C=N–C) groups is 1. The molecule has 0 aliphatic rings. The highest BCUT2D eigenvalue weighted by molar-refractivity contribution is 7.25. The number of hydrogen-bond acceptors (Lipinski definition) is 2. The fraction of sp³-hybridized carbons (Fsp3) is 0.0556. The summed E-state index contributed by atoms with van der Waals surface area (Å²) in [6.45, 7) is 5.52. The van der Waals surface area contributed by atoms with Gasteiger partial charge in [-0.1, -0.05) is 36.4 Å². The van der Waals surface area contributed by atoms with Crippen LogP contribution in [0.3, 0.4) is 0 Å². The lowest BCUT2D eigenvalue weighted by atomic mass is 10.0. The Kier molecular flexibility index (Phi) is 3.48. The zero-order chi connectivity index (χ0) is 13.9. The van der Waals surface area contributed by atoms with Crippen molar-refractivity contribution >= 4 is 43.8 Å². The summed E-state index contributed by atoms with van der Waals surface area (Å²) in [5, 5.41) is 2.67. The summed E-state index contributed by atoms with van der Waals surface area (Å²) < 4.78 is 2.66. The Balaban J connectivity index is 2.17. The van der Waals surface area contributed by atoms with Gasteiger partial charge in [0.1, 0.15) is 0 Å². The van der Waals surface area contributed by atoms with Crippen LogP contribution < -0.4 is 0 Å². The largest absolute Gasteiger partial charge is 0.272 e. The van der Waals surface area contributed by atoms with Gasteiger partial charge in [0, 0.05) is 26.4 Å². The molecule has 0 saturated heterocycles. The molecule has 0 bridgehead atoms. The SMILES string of the molecule is C=N/C=C\C(=C/C)c1ccc2c(c1)sc1ccccc12. The fourth-order valence-electron chi connectivity index (χ4n) is 2.40. The van der Waals surface area contributed by atoms with Gasteiger partial charge >= 0.3 is 0 Å². The molecule has 2 heteroatoms. The molecular formula is C18H15NS. The molecule has 0 aliphatic heterocycles. The third-order valence-corrected chi connectivity index (χ3v) is 4.52. The third kappa shape index (κ3) is 2.19. The molecule has 20 heavy (non-hydrogen) atoms. The Labute approximate surface area is 122 Å². The zero-order valence-electron chi connectivity index (χ0n) is 11.3. The van der Waals surface area contributed by atoms with E-state index in [1.54, 1.807) is 6.20 Å². The molecule has 0 saturated carbocycles. The maximum Gasteiger partial charge on any atom is 0.0361 e. The lowest BCUT2D eigenvalue weighted by Gasteiger charge is -2.02. The van der Waals surface area contributed by atoms with Gasteiger partial charge in [0.15, 0.2) is 0 Å². The van der Waals surface area contributed by atoms with E-state index in [1.807, 2.05) is 24.3 Å². The minimum absolute atomic E-state index is 1.16. The van der Waals surface area contributed by atoms with Crippen molar-refractivity contribution in [3.05, 3.63) is 66.4 Å². The molecule has 0 spiro atoms. The molecule has 0 N–H and O–H groups in total. The minimum atomic E-state index is 1.16. The summed E-state index contributed by atoms with van der Waals surface area (Å²) in [4.78, 5) is 3.78. The molecule has 0 amide bonds. The van der Waals surface area contributed by atoms with Crippen molar-refractivity contribution in [2.45, 2.75) is 6.92 Å². The summed E-state index contributed by atoms with van der Waals surface area (Å²) in [7, 11) is 0. The molecule has 98 valence electrons. The molecular weight excluding hydrogens is 262 g/mol. The topological polar surface area (TPSA) is 12.4 Å². The van der Waals surface area contributed by atoms with Gasteiger partial charge in [-0.25, -0.2) is 0 Å². The molecule has 0 atom stereocenters. The lowest BCUT2D eigenvalue weighted by molar-refractivity contribution is 1.58. The number of benzene rings is 2. The molecule has 0 aliphatic carbocycles. The quantitative estimate of drug-likeness (QED) is 0.432. The second kappa shape index (κ2) is 5.43. The van der Waals surface area contributed by atoms with Gasteiger partial charge in [0.05, 0.1) is 0 Å². The molecule has 1 nitrogen and oxygen atoms in total. The van der Waals surface area contributed by atoms with Crippen molar-refractivity contribution in [1.82, 2.24) is 0 Å². The summed E-state index contributed by atoms with van der Waals surface area (Å²) in [6, 6.07) is 15.2. The monoisotopic (exact) mass is 277 g/mol. The Bertz CT molecular complexity index is 837. The van der Waals surface area contributed by atoms with Gasteiger partial charge in [-0.15, -0.1) is 11.3 Å². The molecule has 2 aromatic carbocycles. The smallest absolute Gasteiger partial charge is 0.0361 e. The van der Waals surface area contributed by atoms with Gasteiger partial charge in [0.2, 0.25) is 0 Å². The number of hydrogen-bond donors (Lipinski definition) is 0. The number of nitrogens with zero attached hydrogens (tertiary/aromatic N) is 1. The van der Waals surface area contributed by atoms with Crippen LogP contribution in [0.25, 0.3) is 25.7 Å². The summed E-state index contributed by atoms with van der Waals surface area (Å²) in [5.41, 5.74) is 2.38. The zero-order valence-corrected chi connectivity index (χ0v) is 12.2. The van der Waals surface area contributed by atoms with E-state index < -0.39 is 0 Å². The highest BCUT2D eigenvalue weighted by atomic mass is 32.1. The van der Waals surface area contributed by atoms with Crippen molar-refractivity contribution in [3.8, 4) is 0 Å². The molecule has 0 radical (unpaired) electrons. The molecule has 1 aromatic heterocycles. The third-order valence-electron chi connectivity index (χ3n) is 3.38. The second-order valence-electron chi connectivity index (χ2n) is 4.55. The van der Waals surface area contributed by atoms with E-state index in [4.69, 9.17) is 0 Å². The van der Waals surface area contributed by atoms with Gasteiger partial charge in [0.25, 0.3) is 0 Å². The van der Waals surface area contributed by atoms with Crippen LogP contribution in [0.15, 0.2) is 65.8 Å². The first-order chi connectivity index (χ1) is 9.83. The molecule has 1 heterocycles. The Hall–Kier alpha value is -2.19. The van der Waals surface area contributed by atoms with Crippen LogP contribution in [0, 0.1) is 0 Å². The number of thiophene rings is 1. The van der Waals surface area contributed by atoms with Crippen LogP contribution >= 0.6 is 11.3 Å². The number of rotatable bonds is 3. The fourth-order valence-corrected chi connectivity index (χ4v) is 3.54. The van der Waals surface area contributed by atoms with Crippen LogP contribution in [-0.4, -0.2) is 6.72 Å². The predicted molar refractivity (Wildman–Crippen MR) is 91.7 cm³/mol. The normalized spacial score (nSPS) is 12.6. The number of fused-ring (bicyclic) bond motifs is 3. The van der Waals surface area contributed by atoms with E-state index in [1.165, 1.54) is 25.7 Å². The van der Waals surface area contributed by atoms with Gasteiger partial charge in [-0.3, -0.25) is 4.99 Å². The van der Waals surface area contributed by atoms with Gasteiger partial charge < -0.3 is 0 Å². The van der Waals surface area contributed by atoms with Crippen molar-refractivity contribution < 1.29 is 0 Å². The van der Waals surface area contributed by atoms with E-state index in [0.717, 1.165) is 5.57 Å². The van der Waals surface area contributed by atoms with Crippen molar-refractivity contribution in [2.75, 3.05) is 0 Å². The van der Waals surface area contributed by atoms with E-state index in [2.05, 4.69) is 60.3 Å². The highest BCUT2D eigenvalue weighted by Gasteiger charge is 2.06. The minimum Gasteiger partial charge on any atom is -0.272 e. The maximum absolute atomic E-state index is 3.78. The van der Waals surface area contributed by atoms with Crippen LogP contribution in [0.4, 0.5) is 0 Å². The van der Waals surface area contributed by atoms with Crippen LogP contribution in [-0.2, 0) is 0 Å². The molecule has 0 unspecified atom stereocenters. The van der Waals surface area contributed by atoms with E-state index in [9.17, 15) is 0 Å². The van der Waals surface area contributed by atoms with Crippen LogP contribution in [0.2, 0.25) is 0 Å². The average Bonchev–Trinajstić information content (AvgIpc) is 2.86. The first-order valence-corrected chi connectivity index (χ1v) is 7.35. The van der Waals surface area contributed by atoms with Gasteiger partial charge in [-0.2, -0.15) is 0 Å². The number of allylic oxidation sites excluding steroid dienone is 3. The summed E-state index contributed by atoms with van der Waals surface area (Å²) in [6.07, 6.45) is 5.81. The summed E-state index contributed by atoms with van der Waals surface area (Å²) in [5.74, 6) is 0. The first-order valence-electron chi connectivity index (χ1n) is 6.54. The van der Waals surface area contributed by atoms with E-state index in [0.29, 0.717) is 0 Å². The van der Waals surface area contributed by atoms with Gasteiger partial charge in [-0.05, 0) is 43.0 Å². The Morgan fingerprint density at radius 3 is 2.70 bits per heavy atom. The van der Waals surface area contributed by atoms with Crippen LogP contribution in [0.1, 0.15) is 12.5 Å². The van der Waals surface area contributed by atoms with Crippen molar-refractivity contribution in [3.63, 3.8) is 0 Å². The van der Waals surface area contributed by atoms with E-state index >= 15 is 0 Å². The molecule has 3 rings (SSSR count). The van der Waals surface area contributed by atoms with Crippen molar-refractivity contribution in [2.24, 2.45) is 4.99 Å². The van der Waals surface area contributed by atoms with Crippen LogP contribution in [0.5, 0.6) is 0 Å².